The van der Waals surface area contributed by atoms with Crippen LogP contribution in [0.5, 0.6) is 0 Å². The molecule has 0 unspecified atom stereocenters. The molecule has 8 nitrogen and oxygen atoms in total. The molecule has 0 atom stereocenters. The average molecular weight is 531 g/mol. The van der Waals surface area contributed by atoms with E-state index < -0.39 is 0 Å². The molecule has 0 bridgehead atoms. The summed E-state index contributed by atoms with van der Waals surface area (Å²) in [4.78, 5) is 25.9. The Morgan fingerprint density at radius 2 is 1.79 bits per heavy atom. The lowest BCUT2D eigenvalue weighted by Gasteiger charge is -2.36. The first-order valence-electron chi connectivity index (χ1n) is 13.7. The van der Waals surface area contributed by atoms with Gasteiger partial charge in [0.1, 0.15) is 24.4 Å². The summed E-state index contributed by atoms with van der Waals surface area (Å²) >= 11 is 6.69. The second kappa shape index (κ2) is 12.7. The van der Waals surface area contributed by atoms with Gasteiger partial charge >= 0.3 is 0 Å². The van der Waals surface area contributed by atoms with Crippen LogP contribution in [0.2, 0.25) is 18.2 Å². The van der Waals surface area contributed by atoms with Gasteiger partial charge in [-0.3, -0.25) is 4.90 Å². The standard InChI is InChI=1S/C28H36BClN8/c1-3-31-10-4-9-29(2)15-21-5-7-23(8-6-21)27-35-25-26(24(30)18-34-28(25)36-27)38-13-11-37(12-14-38)19-22-16-32-20-33-17-22/h5-8,16-18,20,31H,3-4,9-15,19H2,1-2H3,(H,34,35,36). The molecule has 2 N–H and O–H groups in total. The van der Waals surface area contributed by atoms with E-state index in [9.17, 15) is 0 Å². The van der Waals surface area contributed by atoms with Crippen molar-refractivity contribution < 1.29 is 0 Å². The number of benzene rings is 1. The van der Waals surface area contributed by atoms with Gasteiger partial charge in [0.25, 0.3) is 0 Å². The van der Waals surface area contributed by atoms with Crippen LogP contribution in [-0.4, -0.2) is 75.8 Å². The molecule has 1 aromatic carbocycles. The summed E-state index contributed by atoms with van der Waals surface area (Å²) in [6.07, 6.45) is 10.6. The maximum absolute atomic E-state index is 6.69. The van der Waals surface area contributed by atoms with Crippen LogP contribution in [0.25, 0.3) is 22.6 Å². The number of piperazine rings is 1. The molecule has 5 rings (SSSR count). The van der Waals surface area contributed by atoms with Crippen LogP contribution >= 0.6 is 11.6 Å². The van der Waals surface area contributed by atoms with E-state index in [1.165, 1.54) is 18.3 Å². The number of anilines is 1. The van der Waals surface area contributed by atoms with E-state index in [1.54, 1.807) is 12.5 Å². The first kappa shape index (κ1) is 26.6. The molecular formula is C28H36BClN8. The van der Waals surface area contributed by atoms with E-state index in [2.05, 4.69) is 73.1 Å². The number of rotatable bonds is 11. The van der Waals surface area contributed by atoms with E-state index in [0.717, 1.165) is 80.3 Å². The van der Waals surface area contributed by atoms with E-state index in [0.29, 0.717) is 17.4 Å². The molecular weight excluding hydrogens is 495 g/mol. The highest BCUT2D eigenvalue weighted by molar-refractivity contribution is 6.56. The number of nitrogens with one attached hydrogen (secondary N) is 2. The van der Waals surface area contributed by atoms with Gasteiger partial charge in [-0.1, -0.05) is 61.5 Å². The third kappa shape index (κ3) is 6.52. The lowest BCUT2D eigenvalue weighted by atomic mass is 9.45. The van der Waals surface area contributed by atoms with Crippen molar-refractivity contribution in [2.75, 3.05) is 44.2 Å². The second-order valence-electron chi connectivity index (χ2n) is 10.3. The summed E-state index contributed by atoms with van der Waals surface area (Å²) in [7, 11) is 0. The van der Waals surface area contributed by atoms with Gasteiger partial charge in [-0.05, 0) is 25.8 Å². The van der Waals surface area contributed by atoms with Crippen molar-refractivity contribution in [3.05, 3.63) is 65.3 Å². The number of hydrogen-bond acceptors (Lipinski definition) is 7. The summed E-state index contributed by atoms with van der Waals surface area (Å²) in [5.41, 5.74) is 6.14. The highest BCUT2D eigenvalue weighted by Gasteiger charge is 2.23. The van der Waals surface area contributed by atoms with Gasteiger partial charge in [-0.25, -0.2) is 19.9 Å². The Morgan fingerprint density at radius 3 is 2.53 bits per heavy atom. The van der Waals surface area contributed by atoms with Crippen molar-refractivity contribution >= 4 is 35.2 Å². The molecule has 10 heteroatoms. The van der Waals surface area contributed by atoms with Crippen molar-refractivity contribution in [1.29, 1.82) is 0 Å². The van der Waals surface area contributed by atoms with Gasteiger partial charge < -0.3 is 15.2 Å². The van der Waals surface area contributed by atoms with E-state index in [4.69, 9.17) is 16.6 Å². The zero-order chi connectivity index (χ0) is 26.3. The van der Waals surface area contributed by atoms with E-state index in [1.807, 2.05) is 12.4 Å². The fourth-order valence-electron chi connectivity index (χ4n) is 5.22. The molecule has 0 aliphatic carbocycles. The summed E-state index contributed by atoms with van der Waals surface area (Å²) in [6, 6.07) is 8.76. The largest absolute Gasteiger partial charge is 0.366 e. The van der Waals surface area contributed by atoms with Crippen molar-refractivity contribution in [3.8, 4) is 11.4 Å². The molecule has 1 aliphatic heterocycles. The Balaban J connectivity index is 1.25. The molecule has 1 saturated heterocycles. The fourth-order valence-corrected chi connectivity index (χ4v) is 5.48. The highest BCUT2D eigenvalue weighted by Crippen LogP contribution is 2.34. The first-order valence-corrected chi connectivity index (χ1v) is 14.0. The number of halogens is 1. The van der Waals surface area contributed by atoms with Crippen molar-refractivity contribution in [2.24, 2.45) is 0 Å². The smallest absolute Gasteiger partial charge is 0.180 e. The zero-order valence-electron chi connectivity index (χ0n) is 22.3. The van der Waals surface area contributed by atoms with Crippen LogP contribution in [0, 0.1) is 0 Å². The van der Waals surface area contributed by atoms with E-state index >= 15 is 0 Å². The molecule has 1 fully saturated rings. The predicted octanol–water partition coefficient (Wildman–Crippen LogP) is 4.60. The maximum atomic E-state index is 6.69. The summed E-state index contributed by atoms with van der Waals surface area (Å²) in [5, 5.41) is 4.06. The topological polar surface area (TPSA) is 85.9 Å². The normalized spacial score (nSPS) is 14.3. The van der Waals surface area contributed by atoms with Gasteiger partial charge in [0.05, 0.1) is 16.9 Å². The van der Waals surface area contributed by atoms with E-state index in [-0.39, 0.29) is 0 Å². The van der Waals surface area contributed by atoms with Crippen LogP contribution in [0.3, 0.4) is 0 Å². The number of H-pyrrole nitrogens is 1. The maximum Gasteiger partial charge on any atom is 0.180 e. The number of aromatic nitrogens is 5. The molecule has 1 aliphatic rings. The molecule has 0 amide bonds. The number of nitrogens with zero attached hydrogens (tertiary/aromatic N) is 6. The molecule has 4 aromatic rings. The summed E-state index contributed by atoms with van der Waals surface area (Å²) < 4.78 is 0. The van der Waals surface area contributed by atoms with Crippen LogP contribution < -0.4 is 10.2 Å². The third-order valence-corrected chi connectivity index (χ3v) is 7.55. The number of fused-ring (bicyclic) bond motifs is 1. The van der Waals surface area contributed by atoms with Gasteiger partial charge in [0.15, 0.2) is 5.65 Å². The minimum absolute atomic E-state index is 0.649. The van der Waals surface area contributed by atoms with Gasteiger partial charge in [0.2, 0.25) is 0 Å². The summed E-state index contributed by atoms with van der Waals surface area (Å²) in [5.74, 6) is 0.823. The molecule has 38 heavy (non-hydrogen) atoms. The van der Waals surface area contributed by atoms with Gasteiger partial charge in [0, 0.05) is 56.2 Å². The number of pyridine rings is 1. The average Bonchev–Trinajstić information content (AvgIpc) is 3.37. The van der Waals surface area contributed by atoms with Crippen LogP contribution in [0.15, 0.2) is 49.2 Å². The predicted molar refractivity (Wildman–Crippen MR) is 157 cm³/mol. The Bertz CT molecular complexity index is 1310. The lowest BCUT2D eigenvalue weighted by Crippen LogP contribution is -2.46. The molecule has 0 saturated carbocycles. The van der Waals surface area contributed by atoms with Crippen LogP contribution in [-0.2, 0) is 12.9 Å². The number of imidazole rings is 1. The Morgan fingerprint density at radius 1 is 1.03 bits per heavy atom. The molecule has 0 spiro atoms. The van der Waals surface area contributed by atoms with Crippen LogP contribution in [0.1, 0.15) is 24.5 Å². The summed E-state index contributed by atoms with van der Waals surface area (Å²) in [6.45, 7) is 11.8. The van der Waals surface area contributed by atoms with Crippen molar-refractivity contribution in [2.45, 2.75) is 39.4 Å². The molecule has 3 aromatic heterocycles. The Labute approximate surface area is 230 Å². The molecule has 198 valence electrons. The lowest BCUT2D eigenvalue weighted by molar-refractivity contribution is 0.249. The first-order chi connectivity index (χ1) is 18.6. The fraction of sp³-hybridized carbons (Fsp3) is 0.429. The third-order valence-electron chi connectivity index (χ3n) is 7.27. The SMILES string of the molecule is CCNCCCB(C)Cc1ccc(-c2nc3ncc(Cl)c(N4CCN(Cc5cncnc5)CC4)c3[nH]2)cc1. The number of hydrogen-bond donors (Lipinski definition) is 2. The zero-order valence-corrected chi connectivity index (χ0v) is 23.1. The quantitative estimate of drug-likeness (QED) is 0.217. The second-order valence-corrected chi connectivity index (χ2v) is 10.7. The monoisotopic (exact) mass is 530 g/mol. The minimum Gasteiger partial charge on any atom is -0.366 e. The Kier molecular flexibility index (Phi) is 8.88. The highest BCUT2D eigenvalue weighted by atomic mass is 35.5. The van der Waals surface area contributed by atoms with Crippen molar-refractivity contribution in [3.63, 3.8) is 0 Å². The van der Waals surface area contributed by atoms with Gasteiger partial charge in [-0.2, -0.15) is 0 Å². The molecule has 0 radical (unpaired) electrons. The Hall–Kier alpha value is -3.01. The molecule has 4 heterocycles. The van der Waals surface area contributed by atoms with Crippen molar-refractivity contribution in [1.82, 2.24) is 35.1 Å². The van der Waals surface area contributed by atoms with Crippen LogP contribution in [0.4, 0.5) is 5.69 Å². The minimum atomic E-state index is 0.649. The number of aromatic amines is 1. The van der Waals surface area contributed by atoms with Gasteiger partial charge in [-0.15, -0.1) is 0 Å².